The van der Waals surface area contributed by atoms with Crippen molar-refractivity contribution in [2.75, 3.05) is 0 Å². The standard InChI is InChI=1S/C6H4BrF.H2S/c7-5-2-1-3-6(8)4-5;/h1-4H;1H2. The van der Waals surface area contributed by atoms with E-state index in [1.54, 1.807) is 12.1 Å². The van der Waals surface area contributed by atoms with Crippen molar-refractivity contribution in [3.05, 3.63) is 34.6 Å². The van der Waals surface area contributed by atoms with E-state index in [0.717, 1.165) is 4.47 Å². The largest absolute Gasteiger partial charge is 0.207 e. The number of hydrogen-bond acceptors (Lipinski definition) is 0. The Labute approximate surface area is 68.7 Å². The van der Waals surface area contributed by atoms with Gasteiger partial charge in [-0.1, -0.05) is 22.0 Å². The van der Waals surface area contributed by atoms with Gasteiger partial charge >= 0.3 is 0 Å². The Hall–Kier alpha value is -0.0200. The van der Waals surface area contributed by atoms with Crippen LogP contribution in [-0.2, 0) is 0 Å². The van der Waals surface area contributed by atoms with Crippen molar-refractivity contribution in [1.29, 1.82) is 0 Å². The van der Waals surface area contributed by atoms with Crippen molar-refractivity contribution in [1.82, 2.24) is 0 Å². The molecule has 0 amide bonds. The summed E-state index contributed by atoms with van der Waals surface area (Å²) in [6.45, 7) is 0. The van der Waals surface area contributed by atoms with Crippen LogP contribution in [0.1, 0.15) is 0 Å². The molecule has 0 nitrogen and oxygen atoms in total. The molecular formula is C6H6BrFS. The van der Waals surface area contributed by atoms with Crippen molar-refractivity contribution < 1.29 is 4.39 Å². The second kappa shape index (κ2) is 3.90. The molecule has 0 saturated carbocycles. The molecule has 0 spiro atoms. The van der Waals surface area contributed by atoms with Crippen molar-refractivity contribution in [2.24, 2.45) is 0 Å². The molecule has 0 bridgehead atoms. The first-order valence-corrected chi connectivity index (χ1v) is 2.99. The van der Waals surface area contributed by atoms with Gasteiger partial charge in [0.2, 0.25) is 0 Å². The van der Waals surface area contributed by atoms with Gasteiger partial charge in [0.15, 0.2) is 0 Å². The van der Waals surface area contributed by atoms with E-state index in [1.165, 1.54) is 12.1 Å². The molecule has 1 rings (SSSR count). The molecule has 0 aliphatic heterocycles. The first-order valence-electron chi connectivity index (χ1n) is 2.20. The highest BCUT2D eigenvalue weighted by Crippen LogP contribution is 2.09. The molecule has 1 aromatic rings. The predicted molar refractivity (Wildman–Crippen MR) is 44.5 cm³/mol. The molecule has 50 valence electrons. The number of rotatable bonds is 0. The van der Waals surface area contributed by atoms with Gasteiger partial charge in [-0.25, -0.2) is 4.39 Å². The van der Waals surface area contributed by atoms with E-state index in [0.29, 0.717) is 0 Å². The van der Waals surface area contributed by atoms with E-state index in [-0.39, 0.29) is 19.3 Å². The number of benzene rings is 1. The Morgan fingerprint density at radius 1 is 1.33 bits per heavy atom. The Morgan fingerprint density at radius 2 is 2.00 bits per heavy atom. The lowest BCUT2D eigenvalue weighted by molar-refractivity contribution is 0.627. The molecule has 0 aliphatic carbocycles. The fraction of sp³-hybridized carbons (Fsp3) is 0. The Bertz CT molecular complexity index is 173. The van der Waals surface area contributed by atoms with Crippen LogP contribution in [-0.4, -0.2) is 0 Å². The number of halogens is 2. The maximum atomic E-state index is 12.1. The van der Waals surface area contributed by atoms with Crippen LogP contribution in [0.4, 0.5) is 4.39 Å². The highest BCUT2D eigenvalue weighted by molar-refractivity contribution is 9.10. The van der Waals surface area contributed by atoms with Crippen LogP contribution in [0.5, 0.6) is 0 Å². The topological polar surface area (TPSA) is 0 Å². The summed E-state index contributed by atoms with van der Waals surface area (Å²) in [4.78, 5) is 0. The molecule has 0 atom stereocenters. The molecular weight excluding hydrogens is 203 g/mol. The second-order valence-corrected chi connectivity index (χ2v) is 2.36. The summed E-state index contributed by atoms with van der Waals surface area (Å²) in [6, 6.07) is 6.26. The van der Waals surface area contributed by atoms with Crippen LogP contribution >= 0.6 is 29.4 Å². The van der Waals surface area contributed by atoms with Gasteiger partial charge in [0, 0.05) is 4.47 Å². The van der Waals surface area contributed by atoms with Gasteiger partial charge in [-0.2, -0.15) is 13.5 Å². The van der Waals surface area contributed by atoms with Gasteiger partial charge in [-0.05, 0) is 18.2 Å². The minimum absolute atomic E-state index is 0. The minimum atomic E-state index is -0.209. The zero-order valence-electron chi connectivity index (χ0n) is 4.57. The third-order valence-electron chi connectivity index (χ3n) is 0.787. The fourth-order valence-corrected chi connectivity index (χ4v) is 0.831. The predicted octanol–water partition coefficient (Wildman–Crippen LogP) is 2.70. The fourth-order valence-electron chi connectivity index (χ4n) is 0.460. The maximum absolute atomic E-state index is 12.1. The highest BCUT2D eigenvalue weighted by atomic mass is 79.9. The first-order chi connectivity index (χ1) is 3.79. The molecule has 0 saturated heterocycles. The third-order valence-corrected chi connectivity index (χ3v) is 1.28. The Morgan fingerprint density at radius 3 is 2.33 bits per heavy atom. The summed E-state index contributed by atoms with van der Waals surface area (Å²) >= 11 is 3.12. The Kier molecular flexibility index (Phi) is 3.89. The van der Waals surface area contributed by atoms with Crippen LogP contribution < -0.4 is 0 Å². The lowest BCUT2D eigenvalue weighted by Gasteiger charge is -1.85. The van der Waals surface area contributed by atoms with E-state index in [4.69, 9.17) is 0 Å². The minimum Gasteiger partial charge on any atom is -0.207 e. The smallest absolute Gasteiger partial charge is 0.124 e. The average molecular weight is 209 g/mol. The molecule has 0 aromatic heterocycles. The average Bonchev–Trinajstić information content (AvgIpc) is 1.64. The normalized spacial score (nSPS) is 8.22. The van der Waals surface area contributed by atoms with Gasteiger partial charge in [-0.15, -0.1) is 0 Å². The molecule has 0 unspecified atom stereocenters. The molecule has 0 aliphatic rings. The molecule has 0 heterocycles. The molecule has 0 fully saturated rings. The van der Waals surface area contributed by atoms with Crippen molar-refractivity contribution >= 4 is 29.4 Å². The summed E-state index contributed by atoms with van der Waals surface area (Å²) in [6.07, 6.45) is 0. The summed E-state index contributed by atoms with van der Waals surface area (Å²) in [5.74, 6) is -0.209. The van der Waals surface area contributed by atoms with Gasteiger partial charge in [-0.3, -0.25) is 0 Å². The van der Waals surface area contributed by atoms with E-state index < -0.39 is 0 Å². The van der Waals surface area contributed by atoms with Crippen molar-refractivity contribution in [3.8, 4) is 0 Å². The molecule has 9 heavy (non-hydrogen) atoms. The lowest BCUT2D eigenvalue weighted by Crippen LogP contribution is -1.68. The van der Waals surface area contributed by atoms with E-state index in [2.05, 4.69) is 15.9 Å². The van der Waals surface area contributed by atoms with Gasteiger partial charge in [0.25, 0.3) is 0 Å². The van der Waals surface area contributed by atoms with Crippen LogP contribution in [0.15, 0.2) is 28.7 Å². The van der Waals surface area contributed by atoms with Crippen molar-refractivity contribution in [3.63, 3.8) is 0 Å². The summed E-state index contributed by atoms with van der Waals surface area (Å²) < 4.78 is 12.9. The van der Waals surface area contributed by atoms with Crippen LogP contribution in [0, 0.1) is 5.82 Å². The molecule has 0 radical (unpaired) electrons. The molecule has 1 aromatic carbocycles. The van der Waals surface area contributed by atoms with Crippen LogP contribution in [0.3, 0.4) is 0 Å². The highest BCUT2D eigenvalue weighted by Gasteiger charge is 1.86. The third kappa shape index (κ3) is 2.87. The van der Waals surface area contributed by atoms with Gasteiger partial charge in [0.1, 0.15) is 5.82 Å². The van der Waals surface area contributed by atoms with E-state index >= 15 is 0 Å². The summed E-state index contributed by atoms with van der Waals surface area (Å²) in [7, 11) is 0. The lowest BCUT2D eigenvalue weighted by atomic mass is 10.4. The van der Waals surface area contributed by atoms with Crippen LogP contribution in [0.25, 0.3) is 0 Å². The molecule has 3 heteroatoms. The first kappa shape index (κ1) is 8.98. The Balaban J connectivity index is 0.000000640. The van der Waals surface area contributed by atoms with Gasteiger partial charge in [0.05, 0.1) is 0 Å². The SMILES string of the molecule is Fc1cccc(Br)c1.S. The van der Waals surface area contributed by atoms with E-state index in [1.807, 2.05) is 0 Å². The molecule has 0 N–H and O–H groups in total. The number of hydrogen-bond donors (Lipinski definition) is 0. The summed E-state index contributed by atoms with van der Waals surface area (Å²) in [5, 5.41) is 0. The monoisotopic (exact) mass is 208 g/mol. The zero-order valence-corrected chi connectivity index (χ0v) is 7.15. The zero-order chi connectivity index (χ0) is 5.98. The maximum Gasteiger partial charge on any atom is 0.124 e. The van der Waals surface area contributed by atoms with Gasteiger partial charge < -0.3 is 0 Å². The van der Waals surface area contributed by atoms with E-state index in [9.17, 15) is 4.39 Å². The second-order valence-electron chi connectivity index (χ2n) is 1.44. The quantitative estimate of drug-likeness (QED) is 0.616. The van der Waals surface area contributed by atoms with Crippen molar-refractivity contribution in [2.45, 2.75) is 0 Å². The summed E-state index contributed by atoms with van der Waals surface area (Å²) in [5.41, 5.74) is 0. The van der Waals surface area contributed by atoms with Crippen LogP contribution in [0.2, 0.25) is 0 Å².